The third-order valence-corrected chi connectivity index (χ3v) is 6.06. The number of para-hydroxylation sites is 1. The van der Waals surface area contributed by atoms with Gasteiger partial charge in [0.25, 0.3) is 5.91 Å². The van der Waals surface area contributed by atoms with Gasteiger partial charge in [-0.25, -0.2) is 9.67 Å². The lowest BCUT2D eigenvalue weighted by Crippen LogP contribution is -2.42. The van der Waals surface area contributed by atoms with Gasteiger partial charge in [-0.2, -0.15) is 5.10 Å². The van der Waals surface area contributed by atoms with Crippen LogP contribution in [0, 0.1) is 6.92 Å². The second kappa shape index (κ2) is 7.44. The van der Waals surface area contributed by atoms with Gasteiger partial charge < -0.3 is 5.32 Å². The highest BCUT2D eigenvalue weighted by Gasteiger charge is 2.24. The minimum absolute atomic E-state index is 0.0993. The number of nitrogens with zero attached hydrogens (tertiary/aromatic N) is 3. The van der Waals surface area contributed by atoms with E-state index >= 15 is 0 Å². The number of thiophene rings is 1. The molecule has 3 heterocycles. The first kappa shape index (κ1) is 19.3. The molecule has 1 amide bonds. The molecule has 0 fully saturated rings. The van der Waals surface area contributed by atoms with E-state index in [0.29, 0.717) is 11.2 Å². The molecule has 1 aromatic carbocycles. The minimum atomic E-state index is -0.293. The smallest absolute Gasteiger partial charge is 0.252 e. The van der Waals surface area contributed by atoms with E-state index in [2.05, 4.69) is 12.2 Å². The summed E-state index contributed by atoms with van der Waals surface area (Å²) in [4.78, 5) is 19.2. The number of aryl methyl sites for hydroxylation is 1. The van der Waals surface area contributed by atoms with Gasteiger partial charge in [0.05, 0.1) is 32.9 Å². The zero-order valence-corrected chi connectivity index (χ0v) is 17.9. The van der Waals surface area contributed by atoms with Crippen molar-refractivity contribution in [3.63, 3.8) is 0 Å². The van der Waals surface area contributed by atoms with Crippen molar-refractivity contribution in [1.29, 1.82) is 0 Å². The van der Waals surface area contributed by atoms with Crippen molar-refractivity contribution >= 4 is 28.3 Å². The summed E-state index contributed by atoms with van der Waals surface area (Å²) in [6, 6.07) is 15.8. The highest BCUT2D eigenvalue weighted by Crippen LogP contribution is 2.31. The fourth-order valence-corrected chi connectivity index (χ4v) is 3.92. The lowest BCUT2D eigenvalue weighted by atomic mass is 10.0. The Kier molecular flexibility index (Phi) is 4.96. The van der Waals surface area contributed by atoms with Crippen LogP contribution >= 0.6 is 11.3 Å². The van der Waals surface area contributed by atoms with Crippen molar-refractivity contribution in [1.82, 2.24) is 20.1 Å². The van der Waals surface area contributed by atoms with E-state index in [1.54, 1.807) is 11.3 Å². The van der Waals surface area contributed by atoms with E-state index < -0.39 is 0 Å². The van der Waals surface area contributed by atoms with Crippen molar-refractivity contribution in [3.05, 3.63) is 65.2 Å². The first-order chi connectivity index (χ1) is 13.9. The lowest BCUT2D eigenvalue weighted by molar-refractivity contribution is 0.0913. The Balaban J connectivity index is 1.97. The Hall–Kier alpha value is -2.99. The number of rotatable bonds is 5. The summed E-state index contributed by atoms with van der Waals surface area (Å²) in [5.74, 6) is -0.0993. The first-order valence-electron chi connectivity index (χ1n) is 9.72. The van der Waals surface area contributed by atoms with Crippen LogP contribution in [0.1, 0.15) is 43.2 Å². The molecule has 0 saturated carbocycles. The normalized spacial score (nSPS) is 11.7. The molecule has 0 aliphatic heterocycles. The number of hydrogen-bond donors (Lipinski definition) is 1. The van der Waals surface area contributed by atoms with E-state index in [0.717, 1.165) is 33.8 Å². The summed E-state index contributed by atoms with van der Waals surface area (Å²) in [5, 5.41) is 10.7. The summed E-state index contributed by atoms with van der Waals surface area (Å²) in [5.41, 5.74) is 3.50. The number of pyridine rings is 1. The van der Waals surface area contributed by atoms with E-state index in [1.807, 2.05) is 79.4 Å². The lowest BCUT2D eigenvalue weighted by Gasteiger charge is -2.24. The van der Waals surface area contributed by atoms with Crippen molar-refractivity contribution in [3.8, 4) is 16.3 Å². The fourth-order valence-electron chi connectivity index (χ4n) is 3.23. The van der Waals surface area contributed by atoms with Crippen LogP contribution in [-0.4, -0.2) is 26.2 Å². The van der Waals surface area contributed by atoms with E-state index in [1.165, 1.54) is 0 Å². The molecule has 0 bridgehead atoms. The maximum atomic E-state index is 13.3. The van der Waals surface area contributed by atoms with E-state index in [-0.39, 0.29) is 11.4 Å². The SMILES string of the molecule is CCC(C)(C)NC(=O)c1cc(-c2cccs2)nc2c1c(C)nn2-c1ccccc1. The van der Waals surface area contributed by atoms with Crippen LogP contribution in [0.25, 0.3) is 27.3 Å². The molecule has 0 spiro atoms. The average Bonchev–Trinajstić information content (AvgIpc) is 3.36. The highest BCUT2D eigenvalue weighted by molar-refractivity contribution is 7.13. The fraction of sp³-hybridized carbons (Fsp3) is 0.261. The van der Waals surface area contributed by atoms with Gasteiger partial charge in [0.15, 0.2) is 5.65 Å². The monoisotopic (exact) mass is 404 g/mol. The number of aromatic nitrogens is 3. The van der Waals surface area contributed by atoms with Crippen LogP contribution in [0.5, 0.6) is 0 Å². The molecule has 0 atom stereocenters. The van der Waals surface area contributed by atoms with Gasteiger partial charge in [0.1, 0.15) is 0 Å². The zero-order chi connectivity index (χ0) is 20.6. The molecule has 0 saturated heterocycles. The Bertz CT molecular complexity index is 1160. The molecule has 0 unspecified atom stereocenters. The average molecular weight is 405 g/mol. The van der Waals surface area contributed by atoms with E-state index in [4.69, 9.17) is 10.1 Å². The summed E-state index contributed by atoms with van der Waals surface area (Å²) >= 11 is 1.61. The van der Waals surface area contributed by atoms with Gasteiger partial charge in [0, 0.05) is 5.54 Å². The zero-order valence-electron chi connectivity index (χ0n) is 17.1. The molecular formula is C23H24N4OS. The molecular weight excluding hydrogens is 380 g/mol. The molecule has 148 valence electrons. The number of hydrogen-bond acceptors (Lipinski definition) is 4. The molecule has 0 aliphatic rings. The molecule has 0 aliphatic carbocycles. The van der Waals surface area contributed by atoms with Crippen LogP contribution in [0.3, 0.4) is 0 Å². The van der Waals surface area contributed by atoms with Crippen molar-refractivity contribution in [2.45, 2.75) is 39.7 Å². The highest BCUT2D eigenvalue weighted by atomic mass is 32.1. The van der Waals surface area contributed by atoms with Crippen molar-refractivity contribution in [2.75, 3.05) is 0 Å². The maximum absolute atomic E-state index is 13.3. The Morgan fingerprint density at radius 3 is 2.59 bits per heavy atom. The first-order valence-corrected chi connectivity index (χ1v) is 10.6. The van der Waals surface area contributed by atoms with Crippen LogP contribution in [0.4, 0.5) is 0 Å². The van der Waals surface area contributed by atoms with Crippen LogP contribution in [0.2, 0.25) is 0 Å². The number of amides is 1. The third kappa shape index (κ3) is 3.68. The quantitative estimate of drug-likeness (QED) is 0.486. The molecule has 6 heteroatoms. The van der Waals surface area contributed by atoms with Gasteiger partial charge in [-0.05, 0) is 56.8 Å². The van der Waals surface area contributed by atoms with Gasteiger partial charge >= 0.3 is 0 Å². The molecule has 0 radical (unpaired) electrons. The number of fused-ring (bicyclic) bond motifs is 1. The number of benzene rings is 1. The predicted molar refractivity (Wildman–Crippen MR) is 119 cm³/mol. The second-order valence-corrected chi connectivity index (χ2v) is 8.70. The largest absolute Gasteiger partial charge is 0.347 e. The van der Waals surface area contributed by atoms with E-state index in [9.17, 15) is 4.79 Å². The Morgan fingerprint density at radius 2 is 1.93 bits per heavy atom. The Labute approximate surface area is 174 Å². The Morgan fingerprint density at radius 1 is 1.17 bits per heavy atom. The van der Waals surface area contributed by atoms with Gasteiger partial charge in [0.2, 0.25) is 0 Å². The van der Waals surface area contributed by atoms with Crippen LogP contribution < -0.4 is 5.32 Å². The topological polar surface area (TPSA) is 59.8 Å². The van der Waals surface area contributed by atoms with Crippen LogP contribution in [0.15, 0.2) is 53.9 Å². The number of carbonyl (C=O) groups excluding carboxylic acids is 1. The molecule has 4 aromatic rings. The summed E-state index contributed by atoms with van der Waals surface area (Å²) in [6.07, 6.45) is 0.840. The van der Waals surface area contributed by atoms with Crippen molar-refractivity contribution < 1.29 is 4.79 Å². The third-order valence-electron chi connectivity index (χ3n) is 5.17. The standard InChI is InChI=1S/C23H24N4OS/c1-5-23(3,4)25-22(28)17-14-18(19-12-9-13-29-19)24-21-20(17)15(2)26-27(21)16-10-7-6-8-11-16/h6-14H,5H2,1-4H3,(H,25,28). The summed E-state index contributed by atoms with van der Waals surface area (Å²) in [6.45, 7) is 8.06. The molecule has 1 N–H and O–H groups in total. The molecule has 5 nitrogen and oxygen atoms in total. The minimum Gasteiger partial charge on any atom is -0.347 e. The molecule has 3 aromatic heterocycles. The van der Waals surface area contributed by atoms with Gasteiger partial charge in [-0.15, -0.1) is 11.3 Å². The van der Waals surface area contributed by atoms with Crippen LogP contribution in [-0.2, 0) is 0 Å². The van der Waals surface area contributed by atoms with Gasteiger partial charge in [-0.3, -0.25) is 4.79 Å². The summed E-state index contributed by atoms with van der Waals surface area (Å²) < 4.78 is 1.82. The number of nitrogens with one attached hydrogen (secondary N) is 1. The van der Waals surface area contributed by atoms with Crippen molar-refractivity contribution in [2.24, 2.45) is 0 Å². The number of carbonyl (C=O) groups is 1. The molecule has 29 heavy (non-hydrogen) atoms. The maximum Gasteiger partial charge on any atom is 0.252 e. The molecule has 4 rings (SSSR count). The second-order valence-electron chi connectivity index (χ2n) is 7.76. The van der Waals surface area contributed by atoms with Gasteiger partial charge in [-0.1, -0.05) is 31.2 Å². The summed E-state index contributed by atoms with van der Waals surface area (Å²) in [7, 11) is 0. The predicted octanol–water partition coefficient (Wildman–Crippen LogP) is 5.38.